The van der Waals surface area contributed by atoms with Gasteiger partial charge in [0, 0.05) is 14.1 Å². The molecule has 0 saturated heterocycles. The van der Waals surface area contributed by atoms with Gasteiger partial charge in [0.15, 0.2) is 0 Å². The topological polar surface area (TPSA) is 56.0 Å². The molecule has 0 spiro atoms. The molecule has 0 fully saturated rings. The maximum atomic E-state index is 10.8. The SMILES string of the molecule is Cc1c[n+]([O-])nc(N(C)C)n1. The van der Waals surface area contributed by atoms with Crippen molar-refractivity contribution in [1.82, 2.24) is 10.1 Å². The van der Waals surface area contributed by atoms with Gasteiger partial charge >= 0.3 is 0 Å². The third kappa shape index (κ3) is 1.76. The molecule has 0 amide bonds. The summed E-state index contributed by atoms with van der Waals surface area (Å²) < 4.78 is 0. The molecule has 1 aromatic heterocycles. The van der Waals surface area contributed by atoms with Crippen LogP contribution in [0.1, 0.15) is 5.69 Å². The molecule has 0 saturated carbocycles. The molecule has 0 unspecified atom stereocenters. The van der Waals surface area contributed by atoms with Crippen LogP contribution < -0.4 is 9.75 Å². The van der Waals surface area contributed by atoms with E-state index in [9.17, 15) is 5.21 Å². The van der Waals surface area contributed by atoms with Gasteiger partial charge in [0.1, 0.15) is 5.69 Å². The fraction of sp³-hybridized carbons (Fsp3) is 0.500. The Morgan fingerprint density at radius 3 is 2.64 bits per heavy atom. The molecule has 0 aliphatic carbocycles. The Balaban J connectivity index is 3.08. The molecule has 0 N–H and O–H groups in total. The van der Waals surface area contributed by atoms with E-state index >= 15 is 0 Å². The molecule has 5 nitrogen and oxygen atoms in total. The molecule has 5 heteroatoms. The van der Waals surface area contributed by atoms with E-state index in [4.69, 9.17) is 0 Å². The predicted octanol–water partition coefficient (Wildman–Crippen LogP) is -0.516. The summed E-state index contributed by atoms with van der Waals surface area (Å²) in [6.45, 7) is 1.75. The van der Waals surface area contributed by atoms with E-state index in [2.05, 4.69) is 10.1 Å². The van der Waals surface area contributed by atoms with E-state index < -0.39 is 0 Å². The maximum Gasteiger partial charge on any atom is 0.292 e. The maximum absolute atomic E-state index is 10.8. The van der Waals surface area contributed by atoms with Gasteiger partial charge in [-0.3, -0.25) is 0 Å². The van der Waals surface area contributed by atoms with E-state index in [1.807, 2.05) is 0 Å². The van der Waals surface area contributed by atoms with E-state index in [1.165, 1.54) is 6.20 Å². The van der Waals surface area contributed by atoms with Crippen LogP contribution in [0.2, 0.25) is 0 Å². The van der Waals surface area contributed by atoms with Gasteiger partial charge in [-0.2, -0.15) is 0 Å². The van der Waals surface area contributed by atoms with Crippen molar-refractivity contribution >= 4 is 5.95 Å². The Morgan fingerprint density at radius 2 is 2.18 bits per heavy atom. The van der Waals surface area contributed by atoms with E-state index in [0.717, 1.165) is 0 Å². The minimum Gasteiger partial charge on any atom is -0.594 e. The zero-order chi connectivity index (χ0) is 8.43. The lowest BCUT2D eigenvalue weighted by Crippen LogP contribution is -2.34. The van der Waals surface area contributed by atoms with Gasteiger partial charge in [-0.05, 0) is 6.92 Å². The zero-order valence-electron chi connectivity index (χ0n) is 6.77. The summed E-state index contributed by atoms with van der Waals surface area (Å²) in [7, 11) is 3.57. The molecule has 1 rings (SSSR count). The second-order valence-electron chi connectivity index (χ2n) is 2.48. The minimum absolute atomic E-state index is 0.431. The smallest absolute Gasteiger partial charge is 0.292 e. The molecule has 0 aliphatic rings. The fourth-order valence-electron chi connectivity index (χ4n) is 0.675. The third-order valence-electron chi connectivity index (χ3n) is 1.16. The van der Waals surface area contributed by atoms with Crippen LogP contribution in [0.15, 0.2) is 6.20 Å². The van der Waals surface area contributed by atoms with Crippen LogP contribution >= 0.6 is 0 Å². The van der Waals surface area contributed by atoms with Crippen molar-refractivity contribution < 1.29 is 4.85 Å². The number of nitrogens with zero attached hydrogens (tertiary/aromatic N) is 4. The summed E-state index contributed by atoms with van der Waals surface area (Å²) in [6, 6.07) is 0. The Morgan fingerprint density at radius 1 is 1.55 bits per heavy atom. The highest BCUT2D eigenvalue weighted by Crippen LogP contribution is 1.97. The van der Waals surface area contributed by atoms with Crippen molar-refractivity contribution in [3.63, 3.8) is 0 Å². The van der Waals surface area contributed by atoms with Crippen molar-refractivity contribution in [3.05, 3.63) is 17.1 Å². The van der Waals surface area contributed by atoms with Gasteiger partial charge in [0.05, 0.1) is 5.10 Å². The summed E-state index contributed by atoms with van der Waals surface area (Å²) in [4.78, 5) is 6.22. The minimum atomic E-state index is 0.431. The number of aromatic nitrogens is 3. The Kier molecular flexibility index (Phi) is 1.89. The van der Waals surface area contributed by atoms with Gasteiger partial charge in [0.25, 0.3) is 5.95 Å². The monoisotopic (exact) mass is 154 g/mol. The highest BCUT2D eigenvalue weighted by molar-refractivity contribution is 5.23. The normalized spacial score (nSPS) is 9.73. The highest BCUT2D eigenvalue weighted by atomic mass is 16.5. The fourth-order valence-corrected chi connectivity index (χ4v) is 0.675. The van der Waals surface area contributed by atoms with Crippen molar-refractivity contribution in [2.45, 2.75) is 6.92 Å². The molecule has 0 atom stereocenters. The summed E-state index contributed by atoms with van der Waals surface area (Å²) in [5.41, 5.74) is 0.665. The lowest BCUT2D eigenvalue weighted by atomic mass is 10.5. The number of rotatable bonds is 1. The lowest BCUT2D eigenvalue weighted by molar-refractivity contribution is -0.669. The summed E-state index contributed by atoms with van der Waals surface area (Å²) in [5.74, 6) is 0.431. The number of hydrogen-bond donors (Lipinski definition) is 0. The standard InChI is InChI=1S/C6H10N4O/c1-5-4-10(11)8-6(7-5)9(2)3/h4H,1-3H3. The Bertz CT molecular complexity index is 241. The van der Waals surface area contributed by atoms with Gasteiger partial charge in [-0.1, -0.05) is 4.85 Å². The Hall–Kier alpha value is -1.39. The molecule has 0 bridgehead atoms. The predicted molar refractivity (Wildman–Crippen MR) is 40.1 cm³/mol. The lowest BCUT2D eigenvalue weighted by Gasteiger charge is -2.07. The largest absolute Gasteiger partial charge is 0.594 e. The highest BCUT2D eigenvalue weighted by Gasteiger charge is 2.04. The molecular weight excluding hydrogens is 144 g/mol. The summed E-state index contributed by atoms with van der Waals surface area (Å²) in [6.07, 6.45) is 1.33. The average Bonchev–Trinajstić information content (AvgIpc) is 1.85. The van der Waals surface area contributed by atoms with Crippen molar-refractivity contribution in [2.24, 2.45) is 0 Å². The molecule has 0 aromatic carbocycles. The van der Waals surface area contributed by atoms with Gasteiger partial charge < -0.3 is 10.1 Å². The first kappa shape index (κ1) is 7.71. The molecule has 0 radical (unpaired) electrons. The van der Waals surface area contributed by atoms with Crippen LogP contribution in [0.5, 0.6) is 0 Å². The second-order valence-corrected chi connectivity index (χ2v) is 2.48. The second kappa shape index (κ2) is 2.69. The van der Waals surface area contributed by atoms with Crippen LogP contribution in [-0.4, -0.2) is 24.2 Å². The van der Waals surface area contributed by atoms with E-state index in [1.54, 1.807) is 25.9 Å². The molecule has 11 heavy (non-hydrogen) atoms. The van der Waals surface area contributed by atoms with Crippen LogP contribution in [-0.2, 0) is 0 Å². The molecule has 60 valence electrons. The molecular formula is C6H10N4O. The van der Waals surface area contributed by atoms with Crippen molar-refractivity contribution in [3.8, 4) is 0 Å². The van der Waals surface area contributed by atoms with E-state index in [-0.39, 0.29) is 0 Å². The summed E-state index contributed by atoms with van der Waals surface area (Å²) >= 11 is 0. The average molecular weight is 154 g/mol. The Labute approximate surface area is 64.9 Å². The van der Waals surface area contributed by atoms with Gasteiger partial charge in [0.2, 0.25) is 6.20 Å². The van der Waals surface area contributed by atoms with Crippen molar-refractivity contribution in [1.29, 1.82) is 0 Å². The zero-order valence-corrected chi connectivity index (χ0v) is 6.77. The number of aryl methyl sites for hydroxylation is 1. The number of hydrogen-bond acceptors (Lipinski definition) is 4. The third-order valence-corrected chi connectivity index (χ3v) is 1.16. The van der Waals surface area contributed by atoms with Gasteiger partial charge in [-0.25, -0.2) is 4.98 Å². The van der Waals surface area contributed by atoms with Crippen LogP contribution in [0.25, 0.3) is 0 Å². The quantitative estimate of drug-likeness (QED) is 0.403. The van der Waals surface area contributed by atoms with Crippen LogP contribution in [0.4, 0.5) is 5.95 Å². The van der Waals surface area contributed by atoms with Crippen LogP contribution in [0, 0.1) is 12.1 Å². The van der Waals surface area contributed by atoms with Gasteiger partial charge in [-0.15, -0.1) is 0 Å². The first-order valence-electron chi connectivity index (χ1n) is 3.22. The number of anilines is 1. The molecule has 1 heterocycles. The van der Waals surface area contributed by atoms with Crippen LogP contribution in [0.3, 0.4) is 0 Å². The first-order valence-corrected chi connectivity index (χ1v) is 3.22. The van der Waals surface area contributed by atoms with E-state index in [0.29, 0.717) is 16.5 Å². The first-order chi connectivity index (χ1) is 5.09. The van der Waals surface area contributed by atoms with Crippen molar-refractivity contribution in [2.75, 3.05) is 19.0 Å². The summed E-state index contributed by atoms with van der Waals surface area (Å²) in [5, 5.41) is 14.4. The molecule has 1 aromatic rings. The molecule has 0 aliphatic heterocycles.